The molecule has 1 aromatic heterocycles. The Morgan fingerprint density at radius 1 is 1.22 bits per heavy atom. The summed E-state index contributed by atoms with van der Waals surface area (Å²) in [5.74, 6) is 0.372. The van der Waals surface area contributed by atoms with E-state index in [1.54, 1.807) is 12.3 Å². The molecule has 0 unspecified atom stereocenters. The molecule has 0 atom stereocenters. The third-order valence-corrected chi connectivity index (χ3v) is 2.75. The number of anilines is 1. The topological polar surface area (TPSA) is 37.8 Å². The van der Waals surface area contributed by atoms with E-state index in [-0.39, 0.29) is 5.82 Å². The van der Waals surface area contributed by atoms with Crippen LogP contribution in [-0.2, 0) is 0 Å². The van der Waals surface area contributed by atoms with Crippen molar-refractivity contribution in [3.05, 3.63) is 41.3 Å². The summed E-state index contributed by atoms with van der Waals surface area (Å²) in [5.41, 5.74) is 3.64. The number of nitrogens with zero attached hydrogens (tertiary/aromatic N) is 2. The first-order valence-electron chi connectivity index (χ1n) is 5.96. The SMILES string of the molecule is CCNc1ncc(C)c(-c2ccc(F)cc2C)n1. The van der Waals surface area contributed by atoms with Crippen LogP contribution in [0.2, 0.25) is 0 Å². The Balaban J connectivity index is 2.51. The number of hydrogen-bond donors (Lipinski definition) is 1. The molecule has 0 saturated heterocycles. The van der Waals surface area contributed by atoms with E-state index in [1.165, 1.54) is 12.1 Å². The highest BCUT2D eigenvalue weighted by atomic mass is 19.1. The van der Waals surface area contributed by atoms with Gasteiger partial charge in [0.2, 0.25) is 5.95 Å². The lowest BCUT2D eigenvalue weighted by Gasteiger charge is -2.10. The van der Waals surface area contributed by atoms with Crippen molar-refractivity contribution in [3.8, 4) is 11.3 Å². The van der Waals surface area contributed by atoms with Crippen molar-refractivity contribution in [1.29, 1.82) is 0 Å². The van der Waals surface area contributed by atoms with Crippen molar-refractivity contribution in [2.24, 2.45) is 0 Å². The molecule has 18 heavy (non-hydrogen) atoms. The van der Waals surface area contributed by atoms with Crippen molar-refractivity contribution in [3.63, 3.8) is 0 Å². The molecule has 0 spiro atoms. The molecule has 0 amide bonds. The Kier molecular flexibility index (Phi) is 3.55. The monoisotopic (exact) mass is 245 g/mol. The molecule has 94 valence electrons. The van der Waals surface area contributed by atoms with E-state index in [0.717, 1.165) is 28.9 Å². The second kappa shape index (κ2) is 5.12. The lowest BCUT2D eigenvalue weighted by atomic mass is 10.0. The number of rotatable bonds is 3. The van der Waals surface area contributed by atoms with Crippen LogP contribution in [0.1, 0.15) is 18.1 Å². The van der Waals surface area contributed by atoms with Crippen LogP contribution < -0.4 is 5.32 Å². The molecular weight excluding hydrogens is 229 g/mol. The van der Waals surface area contributed by atoms with E-state index in [2.05, 4.69) is 15.3 Å². The number of benzene rings is 1. The highest BCUT2D eigenvalue weighted by Crippen LogP contribution is 2.25. The van der Waals surface area contributed by atoms with Crippen molar-refractivity contribution in [2.45, 2.75) is 20.8 Å². The highest BCUT2D eigenvalue weighted by molar-refractivity contribution is 5.67. The summed E-state index contributed by atoms with van der Waals surface area (Å²) in [5, 5.41) is 3.08. The first-order chi connectivity index (χ1) is 8.61. The highest BCUT2D eigenvalue weighted by Gasteiger charge is 2.09. The Bertz CT molecular complexity index is 567. The van der Waals surface area contributed by atoms with Crippen LogP contribution in [-0.4, -0.2) is 16.5 Å². The largest absolute Gasteiger partial charge is 0.354 e. The summed E-state index contributed by atoms with van der Waals surface area (Å²) in [6, 6.07) is 4.73. The van der Waals surface area contributed by atoms with Gasteiger partial charge in [0.1, 0.15) is 5.82 Å². The van der Waals surface area contributed by atoms with E-state index < -0.39 is 0 Å². The van der Waals surface area contributed by atoms with Gasteiger partial charge in [-0.3, -0.25) is 0 Å². The summed E-state index contributed by atoms with van der Waals surface area (Å²) < 4.78 is 13.1. The Hall–Kier alpha value is -1.97. The minimum absolute atomic E-state index is 0.227. The fraction of sp³-hybridized carbons (Fsp3) is 0.286. The molecule has 0 aliphatic rings. The van der Waals surface area contributed by atoms with Crippen LogP contribution in [0.15, 0.2) is 24.4 Å². The molecule has 0 saturated carbocycles. The molecule has 0 aliphatic carbocycles. The zero-order chi connectivity index (χ0) is 13.1. The minimum atomic E-state index is -0.227. The fourth-order valence-corrected chi connectivity index (χ4v) is 1.85. The lowest BCUT2D eigenvalue weighted by Crippen LogP contribution is -2.04. The summed E-state index contributed by atoms with van der Waals surface area (Å²) in [6.45, 7) is 6.59. The lowest BCUT2D eigenvalue weighted by molar-refractivity contribution is 0.627. The van der Waals surface area contributed by atoms with Crippen LogP contribution in [0.3, 0.4) is 0 Å². The van der Waals surface area contributed by atoms with E-state index in [9.17, 15) is 4.39 Å². The molecule has 1 heterocycles. The predicted molar refractivity (Wildman–Crippen MR) is 71.1 cm³/mol. The van der Waals surface area contributed by atoms with Gasteiger partial charge >= 0.3 is 0 Å². The standard InChI is InChI=1S/C14H16FN3/c1-4-16-14-17-8-10(3)13(18-14)12-6-5-11(15)7-9(12)2/h5-8H,4H2,1-3H3,(H,16,17,18). The molecule has 0 radical (unpaired) electrons. The first kappa shape index (κ1) is 12.5. The third kappa shape index (κ3) is 2.47. The normalized spacial score (nSPS) is 10.4. The van der Waals surface area contributed by atoms with Crippen molar-refractivity contribution in [2.75, 3.05) is 11.9 Å². The van der Waals surface area contributed by atoms with Crippen LogP contribution >= 0.6 is 0 Å². The summed E-state index contributed by atoms with van der Waals surface area (Å²) >= 11 is 0. The van der Waals surface area contributed by atoms with E-state index >= 15 is 0 Å². The molecule has 0 bridgehead atoms. The Morgan fingerprint density at radius 2 is 2.00 bits per heavy atom. The number of aromatic nitrogens is 2. The third-order valence-electron chi connectivity index (χ3n) is 2.75. The predicted octanol–water partition coefficient (Wildman–Crippen LogP) is 3.33. The fourth-order valence-electron chi connectivity index (χ4n) is 1.85. The van der Waals surface area contributed by atoms with Gasteiger partial charge in [-0.05, 0) is 50.1 Å². The molecule has 2 rings (SSSR count). The molecule has 4 heteroatoms. The molecule has 2 aromatic rings. The van der Waals surface area contributed by atoms with Gasteiger partial charge in [-0.1, -0.05) is 0 Å². The number of aryl methyl sites for hydroxylation is 2. The van der Waals surface area contributed by atoms with Gasteiger partial charge in [0.25, 0.3) is 0 Å². The maximum Gasteiger partial charge on any atom is 0.223 e. The molecule has 0 fully saturated rings. The molecular formula is C14H16FN3. The van der Waals surface area contributed by atoms with Crippen molar-refractivity contribution in [1.82, 2.24) is 9.97 Å². The smallest absolute Gasteiger partial charge is 0.223 e. The number of halogens is 1. The summed E-state index contributed by atoms with van der Waals surface area (Å²) in [7, 11) is 0. The molecule has 0 aliphatic heterocycles. The minimum Gasteiger partial charge on any atom is -0.354 e. The van der Waals surface area contributed by atoms with Crippen molar-refractivity contribution < 1.29 is 4.39 Å². The van der Waals surface area contributed by atoms with Gasteiger partial charge in [0.15, 0.2) is 0 Å². The molecule has 3 nitrogen and oxygen atoms in total. The van der Waals surface area contributed by atoms with Gasteiger partial charge in [-0.15, -0.1) is 0 Å². The Labute approximate surface area is 106 Å². The number of hydrogen-bond acceptors (Lipinski definition) is 3. The van der Waals surface area contributed by atoms with Gasteiger partial charge in [0.05, 0.1) is 5.69 Å². The Morgan fingerprint density at radius 3 is 2.67 bits per heavy atom. The quantitative estimate of drug-likeness (QED) is 0.901. The van der Waals surface area contributed by atoms with Gasteiger partial charge < -0.3 is 5.32 Å². The van der Waals surface area contributed by atoms with E-state index in [4.69, 9.17) is 0 Å². The van der Waals surface area contributed by atoms with Gasteiger partial charge in [-0.2, -0.15) is 0 Å². The van der Waals surface area contributed by atoms with Gasteiger partial charge in [0, 0.05) is 18.3 Å². The van der Waals surface area contributed by atoms with E-state index in [0.29, 0.717) is 5.95 Å². The summed E-state index contributed by atoms with van der Waals surface area (Å²) in [4.78, 5) is 8.68. The maximum atomic E-state index is 13.1. The van der Waals surface area contributed by atoms with Crippen molar-refractivity contribution >= 4 is 5.95 Å². The number of nitrogens with one attached hydrogen (secondary N) is 1. The van der Waals surface area contributed by atoms with Crippen LogP contribution in [0.4, 0.5) is 10.3 Å². The van der Waals surface area contributed by atoms with Crippen LogP contribution in [0.25, 0.3) is 11.3 Å². The average Bonchev–Trinajstić information content (AvgIpc) is 2.33. The molecule has 1 aromatic carbocycles. The average molecular weight is 245 g/mol. The van der Waals surface area contributed by atoms with Crippen LogP contribution in [0, 0.1) is 19.7 Å². The van der Waals surface area contributed by atoms with E-state index in [1.807, 2.05) is 20.8 Å². The first-order valence-corrected chi connectivity index (χ1v) is 5.96. The van der Waals surface area contributed by atoms with Crippen LogP contribution in [0.5, 0.6) is 0 Å². The maximum absolute atomic E-state index is 13.1. The zero-order valence-corrected chi connectivity index (χ0v) is 10.8. The van der Waals surface area contributed by atoms with Gasteiger partial charge in [-0.25, -0.2) is 14.4 Å². The molecule has 1 N–H and O–H groups in total. The second-order valence-electron chi connectivity index (χ2n) is 4.21. The second-order valence-corrected chi connectivity index (χ2v) is 4.21. The zero-order valence-electron chi connectivity index (χ0n) is 10.8. The summed E-state index contributed by atoms with van der Waals surface area (Å²) in [6.07, 6.45) is 1.78.